The van der Waals surface area contributed by atoms with Crippen molar-refractivity contribution in [2.24, 2.45) is 0 Å². The number of nitrogens with zero attached hydrogens (tertiary/aromatic N) is 1. The predicted octanol–water partition coefficient (Wildman–Crippen LogP) is 4.02. The second kappa shape index (κ2) is 5.43. The first-order valence-corrected chi connectivity index (χ1v) is 6.38. The monoisotopic (exact) mass is 264 g/mol. The minimum absolute atomic E-state index is 0.196. The molecular formula is C15H18F2N2. The van der Waals surface area contributed by atoms with Crippen molar-refractivity contribution < 1.29 is 8.78 Å². The first-order chi connectivity index (χ1) is 9.04. The molecule has 0 bridgehead atoms. The number of benzene rings is 1. The number of hydrogen-bond donors (Lipinski definition) is 1. The molecule has 2 rings (SSSR count). The van der Waals surface area contributed by atoms with Crippen molar-refractivity contribution in [1.29, 1.82) is 0 Å². The van der Waals surface area contributed by atoms with Gasteiger partial charge in [0.25, 0.3) is 0 Å². The summed E-state index contributed by atoms with van der Waals surface area (Å²) in [5.74, 6) is -1.66. The molecule has 1 aromatic carbocycles. The Kier molecular flexibility index (Phi) is 3.88. The number of nitrogens with one attached hydrogen (secondary N) is 1. The Morgan fingerprint density at radius 1 is 1.21 bits per heavy atom. The second-order valence-electron chi connectivity index (χ2n) is 4.60. The van der Waals surface area contributed by atoms with Gasteiger partial charge in [-0.3, -0.25) is 0 Å². The molecule has 0 aliphatic carbocycles. The van der Waals surface area contributed by atoms with E-state index in [0.717, 1.165) is 23.9 Å². The Bertz CT molecular complexity index is 588. The first kappa shape index (κ1) is 13.6. The molecule has 2 aromatic rings. The van der Waals surface area contributed by atoms with Gasteiger partial charge < -0.3 is 9.88 Å². The van der Waals surface area contributed by atoms with Gasteiger partial charge in [-0.25, -0.2) is 8.78 Å². The maximum Gasteiger partial charge on any atom is 0.181 e. The summed E-state index contributed by atoms with van der Waals surface area (Å²) in [6, 6.07) is 6.22. The maximum absolute atomic E-state index is 13.5. The van der Waals surface area contributed by atoms with Crippen LogP contribution in [0.2, 0.25) is 0 Å². The minimum atomic E-state index is -0.830. The highest BCUT2D eigenvalue weighted by molar-refractivity contribution is 5.46. The van der Waals surface area contributed by atoms with Crippen molar-refractivity contribution in [3.05, 3.63) is 52.9 Å². The molecule has 0 radical (unpaired) electrons. The van der Waals surface area contributed by atoms with Crippen molar-refractivity contribution in [3.8, 4) is 0 Å². The predicted molar refractivity (Wildman–Crippen MR) is 73.3 cm³/mol. The Balaban J connectivity index is 2.17. The van der Waals surface area contributed by atoms with Gasteiger partial charge in [0, 0.05) is 24.5 Å². The van der Waals surface area contributed by atoms with Crippen LogP contribution in [0.5, 0.6) is 0 Å². The van der Waals surface area contributed by atoms with Crippen LogP contribution in [0, 0.1) is 25.5 Å². The third-order valence-electron chi connectivity index (χ3n) is 3.42. The summed E-state index contributed by atoms with van der Waals surface area (Å²) >= 11 is 0. The number of aryl methyl sites for hydroxylation is 1. The van der Waals surface area contributed by atoms with E-state index in [4.69, 9.17) is 0 Å². The average molecular weight is 264 g/mol. The molecule has 102 valence electrons. The van der Waals surface area contributed by atoms with E-state index in [2.05, 4.69) is 22.9 Å². The summed E-state index contributed by atoms with van der Waals surface area (Å²) in [5, 5.41) is 2.95. The molecule has 0 fully saturated rings. The van der Waals surface area contributed by atoms with Crippen LogP contribution in [0.1, 0.15) is 23.9 Å². The molecule has 0 aliphatic heterocycles. The molecule has 1 N–H and O–H groups in total. The molecule has 1 heterocycles. The fraction of sp³-hybridized carbons (Fsp3) is 0.333. The number of halogens is 2. The van der Waals surface area contributed by atoms with Gasteiger partial charge in [0.1, 0.15) is 0 Å². The highest BCUT2D eigenvalue weighted by Gasteiger charge is 2.10. The number of anilines is 1. The van der Waals surface area contributed by atoms with Gasteiger partial charge in [-0.05, 0) is 44.5 Å². The van der Waals surface area contributed by atoms with E-state index in [1.807, 2.05) is 13.8 Å². The van der Waals surface area contributed by atoms with Gasteiger partial charge >= 0.3 is 0 Å². The minimum Gasteiger partial charge on any atom is -0.378 e. The molecule has 1 aromatic heterocycles. The highest BCUT2D eigenvalue weighted by atomic mass is 19.2. The molecule has 0 saturated heterocycles. The van der Waals surface area contributed by atoms with Crippen LogP contribution in [0.25, 0.3) is 0 Å². The summed E-state index contributed by atoms with van der Waals surface area (Å²) in [4.78, 5) is 0. The van der Waals surface area contributed by atoms with Crippen LogP contribution < -0.4 is 5.32 Å². The van der Waals surface area contributed by atoms with Crippen molar-refractivity contribution >= 4 is 5.69 Å². The van der Waals surface area contributed by atoms with E-state index >= 15 is 0 Å². The molecule has 0 unspecified atom stereocenters. The smallest absolute Gasteiger partial charge is 0.181 e. The maximum atomic E-state index is 13.5. The van der Waals surface area contributed by atoms with E-state index in [-0.39, 0.29) is 5.69 Å². The van der Waals surface area contributed by atoms with Gasteiger partial charge in [-0.2, -0.15) is 0 Å². The SMILES string of the molecule is CCn1c(C)cc(CNc2cccc(F)c2F)c1C. The summed E-state index contributed by atoms with van der Waals surface area (Å²) in [5.41, 5.74) is 3.63. The van der Waals surface area contributed by atoms with E-state index in [9.17, 15) is 8.78 Å². The van der Waals surface area contributed by atoms with E-state index < -0.39 is 11.6 Å². The lowest BCUT2D eigenvalue weighted by Crippen LogP contribution is -2.04. The Morgan fingerprint density at radius 3 is 2.58 bits per heavy atom. The molecule has 2 nitrogen and oxygen atoms in total. The number of rotatable bonds is 4. The zero-order valence-electron chi connectivity index (χ0n) is 11.4. The van der Waals surface area contributed by atoms with Gasteiger partial charge in [0.15, 0.2) is 11.6 Å². The lowest BCUT2D eigenvalue weighted by atomic mass is 10.2. The van der Waals surface area contributed by atoms with Crippen LogP contribution in [-0.2, 0) is 13.1 Å². The molecule has 4 heteroatoms. The molecule has 0 spiro atoms. The quantitative estimate of drug-likeness (QED) is 0.882. The summed E-state index contributed by atoms with van der Waals surface area (Å²) in [6.45, 7) is 7.56. The third-order valence-corrected chi connectivity index (χ3v) is 3.42. The lowest BCUT2D eigenvalue weighted by molar-refractivity contribution is 0.511. The number of aromatic nitrogens is 1. The van der Waals surface area contributed by atoms with Gasteiger partial charge in [-0.15, -0.1) is 0 Å². The zero-order chi connectivity index (χ0) is 14.0. The standard InChI is InChI=1S/C15H18F2N2/c1-4-19-10(2)8-12(11(19)3)9-18-14-7-5-6-13(16)15(14)17/h5-8,18H,4,9H2,1-3H3. The van der Waals surface area contributed by atoms with Crippen LogP contribution in [0.3, 0.4) is 0 Å². The van der Waals surface area contributed by atoms with Gasteiger partial charge in [-0.1, -0.05) is 6.07 Å². The van der Waals surface area contributed by atoms with Crippen LogP contribution in [-0.4, -0.2) is 4.57 Å². The Labute approximate surface area is 112 Å². The molecule has 0 amide bonds. The van der Waals surface area contributed by atoms with E-state index in [1.54, 1.807) is 0 Å². The lowest BCUT2D eigenvalue weighted by Gasteiger charge is -2.09. The van der Waals surface area contributed by atoms with E-state index in [0.29, 0.717) is 6.54 Å². The van der Waals surface area contributed by atoms with Gasteiger partial charge in [0.2, 0.25) is 0 Å². The fourth-order valence-corrected chi connectivity index (χ4v) is 2.37. The highest BCUT2D eigenvalue weighted by Crippen LogP contribution is 2.20. The van der Waals surface area contributed by atoms with Crippen molar-refractivity contribution in [1.82, 2.24) is 4.57 Å². The normalized spacial score (nSPS) is 10.8. The topological polar surface area (TPSA) is 17.0 Å². The van der Waals surface area contributed by atoms with Crippen LogP contribution in [0.4, 0.5) is 14.5 Å². The summed E-state index contributed by atoms with van der Waals surface area (Å²) in [6.07, 6.45) is 0. The average Bonchev–Trinajstić information content (AvgIpc) is 2.66. The molecule has 0 atom stereocenters. The first-order valence-electron chi connectivity index (χ1n) is 6.38. The zero-order valence-corrected chi connectivity index (χ0v) is 11.4. The van der Waals surface area contributed by atoms with E-state index in [1.165, 1.54) is 17.8 Å². The number of hydrogen-bond acceptors (Lipinski definition) is 1. The second-order valence-corrected chi connectivity index (χ2v) is 4.60. The fourth-order valence-electron chi connectivity index (χ4n) is 2.37. The van der Waals surface area contributed by atoms with Crippen molar-refractivity contribution in [2.75, 3.05) is 5.32 Å². The van der Waals surface area contributed by atoms with Crippen molar-refractivity contribution in [3.63, 3.8) is 0 Å². The largest absolute Gasteiger partial charge is 0.378 e. The summed E-state index contributed by atoms with van der Waals surface area (Å²) in [7, 11) is 0. The van der Waals surface area contributed by atoms with Crippen LogP contribution >= 0.6 is 0 Å². The third kappa shape index (κ3) is 2.62. The van der Waals surface area contributed by atoms with Gasteiger partial charge in [0.05, 0.1) is 5.69 Å². The molecule has 19 heavy (non-hydrogen) atoms. The molecule has 0 saturated carbocycles. The summed E-state index contributed by atoms with van der Waals surface area (Å²) < 4.78 is 28.8. The Hall–Kier alpha value is -1.84. The van der Waals surface area contributed by atoms with Crippen LogP contribution in [0.15, 0.2) is 24.3 Å². The molecular weight excluding hydrogens is 246 g/mol. The van der Waals surface area contributed by atoms with Crippen molar-refractivity contribution in [2.45, 2.75) is 33.9 Å². The Morgan fingerprint density at radius 2 is 1.95 bits per heavy atom. The molecule has 0 aliphatic rings.